The summed E-state index contributed by atoms with van der Waals surface area (Å²) < 4.78 is 1.03. The number of hydrogen-bond donors (Lipinski definition) is 1. The van der Waals surface area contributed by atoms with Gasteiger partial charge >= 0.3 is 0 Å². The van der Waals surface area contributed by atoms with E-state index in [1.165, 1.54) is 16.0 Å². The van der Waals surface area contributed by atoms with Crippen LogP contribution in [0, 0.1) is 6.92 Å². The van der Waals surface area contributed by atoms with E-state index < -0.39 is 0 Å². The average molecular weight is 323 g/mol. The second-order valence-corrected chi connectivity index (χ2v) is 5.93. The Morgan fingerprint density at radius 3 is 2.83 bits per heavy atom. The van der Waals surface area contributed by atoms with Crippen molar-refractivity contribution in [2.75, 3.05) is 7.05 Å². The van der Waals surface area contributed by atoms with E-state index >= 15 is 0 Å². The highest BCUT2D eigenvalue weighted by molar-refractivity contribution is 9.10. The predicted octanol–water partition coefficient (Wildman–Crippen LogP) is 4.02. The first kappa shape index (κ1) is 13.6. The van der Waals surface area contributed by atoms with Crippen LogP contribution in [0.4, 0.5) is 0 Å². The number of benzene rings is 1. The topological polar surface area (TPSA) is 24.9 Å². The maximum Gasteiger partial charge on any atom is 0.115 e. The second kappa shape index (κ2) is 6.36. The lowest BCUT2D eigenvalue weighted by molar-refractivity contribution is 0.811. The molecule has 0 saturated carbocycles. The fourth-order valence-corrected chi connectivity index (χ4v) is 3.05. The zero-order chi connectivity index (χ0) is 13.0. The molecule has 0 bridgehead atoms. The standard InChI is InChI=1S/C14H15BrN2S/c1-10-8-12(6-5-11(10)9-16-2)18-14-13(15)4-3-7-17-14/h3-8,16H,9H2,1-2H3. The molecule has 0 radical (unpaired) electrons. The van der Waals surface area contributed by atoms with Crippen molar-refractivity contribution in [1.29, 1.82) is 0 Å². The van der Waals surface area contributed by atoms with E-state index in [2.05, 4.69) is 51.4 Å². The third-order valence-corrected chi connectivity index (χ3v) is 4.53. The molecular weight excluding hydrogens is 308 g/mol. The van der Waals surface area contributed by atoms with Crippen molar-refractivity contribution in [2.24, 2.45) is 0 Å². The quantitative estimate of drug-likeness (QED) is 0.920. The van der Waals surface area contributed by atoms with E-state index in [0.717, 1.165) is 16.0 Å². The highest BCUT2D eigenvalue weighted by atomic mass is 79.9. The molecule has 0 saturated heterocycles. The number of pyridine rings is 1. The summed E-state index contributed by atoms with van der Waals surface area (Å²) in [6.07, 6.45) is 1.81. The highest BCUT2D eigenvalue weighted by Gasteiger charge is 2.05. The molecule has 2 nitrogen and oxygen atoms in total. The molecule has 0 amide bonds. The Kier molecular flexibility index (Phi) is 4.80. The van der Waals surface area contributed by atoms with E-state index in [1.807, 2.05) is 25.4 Å². The highest BCUT2D eigenvalue weighted by Crippen LogP contribution is 2.32. The maximum absolute atomic E-state index is 4.37. The van der Waals surface area contributed by atoms with Crippen molar-refractivity contribution in [1.82, 2.24) is 10.3 Å². The van der Waals surface area contributed by atoms with Gasteiger partial charge in [-0.3, -0.25) is 0 Å². The van der Waals surface area contributed by atoms with Gasteiger partial charge in [-0.2, -0.15) is 0 Å². The molecule has 1 aromatic heterocycles. The molecule has 2 rings (SSSR count). The van der Waals surface area contributed by atoms with Gasteiger partial charge in [-0.05, 0) is 65.3 Å². The molecule has 1 N–H and O–H groups in total. The van der Waals surface area contributed by atoms with Crippen molar-refractivity contribution in [2.45, 2.75) is 23.4 Å². The first-order valence-electron chi connectivity index (χ1n) is 5.73. The van der Waals surface area contributed by atoms with E-state index in [-0.39, 0.29) is 0 Å². The normalized spacial score (nSPS) is 10.6. The molecule has 1 aromatic carbocycles. The van der Waals surface area contributed by atoms with Crippen LogP contribution in [0.5, 0.6) is 0 Å². The molecule has 4 heteroatoms. The molecule has 2 aromatic rings. The molecule has 0 aliphatic carbocycles. The van der Waals surface area contributed by atoms with Crippen LogP contribution in [0.2, 0.25) is 0 Å². The lowest BCUT2D eigenvalue weighted by Crippen LogP contribution is -2.06. The number of halogens is 1. The summed E-state index contributed by atoms with van der Waals surface area (Å²) in [6.45, 7) is 3.05. The summed E-state index contributed by atoms with van der Waals surface area (Å²) in [7, 11) is 1.97. The lowest BCUT2D eigenvalue weighted by atomic mass is 10.1. The predicted molar refractivity (Wildman–Crippen MR) is 80.0 cm³/mol. The van der Waals surface area contributed by atoms with Gasteiger partial charge in [-0.1, -0.05) is 17.8 Å². The van der Waals surface area contributed by atoms with Crippen molar-refractivity contribution in [3.8, 4) is 0 Å². The largest absolute Gasteiger partial charge is 0.316 e. The van der Waals surface area contributed by atoms with Crippen molar-refractivity contribution >= 4 is 27.7 Å². The summed E-state index contributed by atoms with van der Waals surface area (Å²) in [5.41, 5.74) is 2.64. The number of rotatable bonds is 4. The van der Waals surface area contributed by atoms with Gasteiger partial charge in [-0.25, -0.2) is 4.98 Å². The summed E-state index contributed by atoms with van der Waals surface area (Å²) in [4.78, 5) is 5.58. The Hall–Kier alpha value is -0.840. The molecule has 0 unspecified atom stereocenters. The maximum atomic E-state index is 4.37. The molecule has 0 aliphatic rings. The fraction of sp³-hybridized carbons (Fsp3) is 0.214. The van der Waals surface area contributed by atoms with E-state index in [1.54, 1.807) is 11.8 Å². The summed E-state index contributed by atoms with van der Waals surface area (Å²) in [5, 5.41) is 4.17. The molecule has 18 heavy (non-hydrogen) atoms. The van der Waals surface area contributed by atoms with E-state index in [9.17, 15) is 0 Å². The van der Waals surface area contributed by atoms with E-state index in [0.29, 0.717) is 0 Å². The monoisotopic (exact) mass is 322 g/mol. The summed E-state index contributed by atoms with van der Waals surface area (Å²) in [5.74, 6) is 0. The Morgan fingerprint density at radius 1 is 1.33 bits per heavy atom. The summed E-state index contributed by atoms with van der Waals surface area (Å²) in [6, 6.07) is 10.5. The van der Waals surface area contributed by atoms with Gasteiger partial charge in [0.25, 0.3) is 0 Å². The van der Waals surface area contributed by atoms with Crippen LogP contribution in [0.15, 0.2) is 50.9 Å². The third-order valence-electron chi connectivity index (χ3n) is 2.62. The molecule has 94 valence electrons. The molecule has 0 aliphatic heterocycles. The van der Waals surface area contributed by atoms with Gasteiger partial charge in [0.2, 0.25) is 0 Å². The van der Waals surface area contributed by atoms with Crippen LogP contribution in [0.3, 0.4) is 0 Å². The SMILES string of the molecule is CNCc1ccc(Sc2ncccc2Br)cc1C. The average Bonchev–Trinajstić information content (AvgIpc) is 2.36. The van der Waals surface area contributed by atoms with Crippen LogP contribution < -0.4 is 5.32 Å². The van der Waals surface area contributed by atoms with Crippen LogP contribution in [-0.4, -0.2) is 12.0 Å². The zero-order valence-electron chi connectivity index (χ0n) is 10.4. The summed E-state index contributed by atoms with van der Waals surface area (Å²) >= 11 is 5.20. The Morgan fingerprint density at radius 2 is 2.17 bits per heavy atom. The zero-order valence-corrected chi connectivity index (χ0v) is 12.8. The minimum absolute atomic E-state index is 0.907. The molecule has 1 heterocycles. The Balaban J connectivity index is 2.20. The van der Waals surface area contributed by atoms with Crippen molar-refractivity contribution in [3.05, 3.63) is 52.1 Å². The minimum atomic E-state index is 0.907. The van der Waals surface area contributed by atoms with Crippen LogP contribution >= 0.6 is 27.7 Å². The smallest absolute Gasteiger partial charge is 0.115 e. The van der Waals surface area contributed by atoms with Crippen LogP contribution in [0.1, 0.15) is 11.1 Å². The van der Waals surface area contributed by atoms with Crippen LogP contribution in [-0.2, 0) is 6.54 Å². The van der Waals surface area contributed by atoms with Gasteiger partial charge in [0.1, 0.15) is 5.03 Å². The molecule has 0 fully saturated rings. The Labute approximate surface area is 120 Å². The number of nitrogens with one attached hydrogen (secondary N) is 1. The number of aromatic nitrogens is 1. The lowest BCUT2D eigenvalue weighted by Gasteiger charge is -2.08. The Bertz CT molecular complexity index is 543. The third kappa shape index (κ3) is 3.34. The number of nitrogens with zero attached hydrogens (tertiary/aromatic N) is 1. The molecule has 0 atom stereocenters. The number of hydrogen-bond acceptors (Lipinski definition) is 3. The fourth-order valence-electron chi connectivity index (χ4n) is 1.68. The van der Waals surface area contributed by atoms with Crippen molar-refractivity contribution < 1.29 is 0 Å². The van der Waals surface area contributed by atoms with E-state index in [4.69, 9.17) is 0 Å². The van der Waals surface area contributed by atoms with Crippen LogP contribution in [0.25, 0.3) is 0 Å². The van der Waals surface area contributed by atoms with Gasteiger partial charge in [0, 0.05) is 17.6 Å². The van der Waals surface area contributed by atoms with Gasteiger partial charge < -0.3 is 5.32 Å². The van der Waals surface area contributed by atoms with Gasteiger partial charge in [-0.15, -0.1) is 0 Å². The first-order valence-corrected chi connectivity index (χ1v) is 7.34. The second-order valence-electron chi connectivity index (χ2n) is 4.01. The van der Waals surface area contributed by atoms with Crippen molar-refractivity contribution in [3.63, 3.8) is 0 Å². The molecule has 0 spiro atoms. The van der Waals surface area contributed by atoms with Gasteiger partial charge in [0.05, 0.1) is 4.47 Å². The molecular formula is C14H15BrN2S. The minimum Gasteiger partial charge on any atom is -0.316 e. The first-order chi connectivity index (χ1) is 8.70. The number of aryl methyl sites for hydroxylation is 1. The van der Waals surface area contributed by atoms with Gasteiger partial charge in [0.15, 0.2) is 0 Å².